The van der Waals surface area contributed by atoms with E-state index in [9.17, 15) is 9.59 Å². The van der Waals surface area contributed by atoms with Crippen LogP contribution in [-0.4, -0.2) is 23.3 Å². The third-order valence-electron chi connectivity index (χ3n) is 5.13. The molecule has 1 heterocycles. The van der Waals surface area contributed by atoms with Crippen molar-refractivity contribution in [1.29, 1.82) is 0 Å². The molecule has 0 bridgehead atoms. The molecule has 0 unspecified atom stereocenters. The van der Waals surface area contributed by atoms with Gasteiger partial charge in [-0.2, -0.15) is 0 Å². The smallest absolute Gasteiger partial charge is 0.225 e. The number of Topliss-reactive ketones (excluding diaryl/α,β-unsaturated/α-hetero) is 1. The molecule has 0 fully saturated rings. The molecular formula is C27H24N2O3. The predicted octanol–water partition coefficient (Wildman–Crippen LogP) is 5.90. The van der Waals surface area contributed by atoms with Crippen LogP contribution in [0.3, 0.4) is 0 Å². The second kappa shape index (κ2) is 9.88. The maximum absolute atomic E-state index is 12.5. The first-order valence-corrected chi connectivity index (χ1v) is 10.6. The Labute approximate surface area is 187 Å². The van der Waals surface area contributed by atoms with Crippen molar-refractivity contribution in [2.75, 3.05) is 11.9 Å². The minimum Gasteiger partial charge on any atom is -0.494 e. The van der Waals surface area contributed by atoms with Crippen molar-refractivity contribution >= 4 is 28.4 Å². The van der Waals surface area contributed by atoms with Crippen molar-refractivity contribution < 1.29 is 14.3 Å². The van der Waals surface area contributed by atoms with Crippen LogP contribution in [0.4, 0.5) is 5.82 Å². The lowest BCUT2D eigenvalue weighted by molar-refractivity contribution is -0.116. The van der Waals surface area contributed by atoms with E-state index < -0.39 is 0 Å². The average Bonchev–Trinajstić information content (AvgIpc) is 2.83. The van der Waals surface area contributed by atoms with Crippen molar-refractivity contribution in [3.8, 4) is 16.9 Å². The van der Waals surface area contributed by atoms with E-state index in [1.165, 1.54) is 0 Å². The Morgan fingerprint density at radius 3 is 2.34 bits per heavy atom. The van der Waals surface area contributed by atoms with Crippen molar-refractivity contribution in [1.82, 2.24) is 4.98 Å². The van der Waals surface area contributed by atoms with Gasteiger partial charge in [-0.05, 0) is 54.4 Å². The van der Waals surface area contributed by atoms with Gasteiger partial charge in [-0.25, -0.2) is 4.98 Å². The zero-order valence-electron chi connectivity index (χ0n) is 17.9. The highest BCUT2D eigenvalue weighted by atomic mass is 16.5. The van der Waals surface area contributed by atoms with E-state index >= 15 is 0 Å². The summed E-state index contributed by atoms with van der Waals surface area (Å²) in [5.74, 6) is 0.866. The van der Waals surface area contributed by atoms with Gasteiger partial charge >= 0.3 is 0 Å². The summed E-state index contributed by atoms with van der Waals surface area (Å²) in [6.45, 7) is 2.48. The lowest BCUT2D eigenvalue weighted by atomic mass is 10.0. The molecule has 4 rings (SSSR count). The fraction of sp³-hybridized carbons (Fsp3) is 0.148. The summed E-state index contributed by atoms with van der Waals surface area (Å²) in [7, 11) is 0. The van der Waals surface area contributed by atoms with Gasteiger partial charge in [0.15, 0.2) is 5.78 Å². The van der Waals surface area contributed by atoms with Gasteiger partial charge < -0.3 is 10.1 Å². The minimum atomic E-state index is -0.244. The van der Waals surface area contributed by atoms with Crippen LogP contribution in [0.25, 0.3) is 22.0 Å². The van der Waals surface area contributed by atoms with Gasteiger partial charge in [0, 0.05) is 23.8 Å². The van der Waals surface area contributed by atoms with Gasteiger partial charge in [0.1, 0.15) is 11.6 Å². The molecule has 5 heteroatoms. The number of ketones is 1. The van der Waals surface area contributed by atoms with Gasteiger partial charge in [0.2, 0.25) is 5.91 Å². The van der Waals surface area contributed by atoms with Gasteiger partial charge in [-0.15, -0.1) is 0 Å². The Hall–Kier alpha value is -3.99. The van der Waals surface area contributed by atoms with Crippen LogP contribution in [0, 0.1) is 0 Å². The Kier molecular flexibility index (Phi) is 6.56. The molecule has 0 saturated carbocycles. The van der Waals surface area contributed by atoms with Crippen LogP contribution in [0.2, 0.25) is 0 Å². The summed E-state index contributed by atoms with van der Waals surface area (Å²) < 4.78 is 5.39. The average molecular weight is 425 g/mol. The van der Waals surface area contributed by atoms with Crippen LogP contribution in [0.15, 0.2) is 84.9 Å². The molecule has 1 amide bonds. The normalized spacial score (nSPS) is 10.7. The SMILES string of the molecule is CCOc1ccc(C(=O)CCC(=O)Nc2cc(-c3ccccc3)c3ccccc3n2)cc1. The van der Waals surface area contributed by atoms with Gasteiger partial charge in [-0.3, -0.25) is 9.59 Å². The minimum absolute atomic E-state index is 0.0837. The maximum atomic E-state index is 12.5. The van der Waals surface area contributed by atoms with Crippen LogP contribution >= 0.6 is 0 Å². The Morgan fingerprint density at radius 1 is 0.875 bits per heavy atom. The highest BCUT2D eigenvalue weighted by Crippen LogP contribution is 2.30. The van der Waals surface area contributed by atoms with E-state index in [1.807, 2.05) is 67.6 Å². The number of hydrogen-bond donors (Lipinski definition) is 1. The predicted molar refractivity (Wildman–Crippen MR) is 127 cm³/mol. The molecule has 1 N–H and O–H groups in total. The Bertz CT molecular complexity index is 1230. The Morgan fingerprint density at radius 2 is 1.59 bits per heavy atom. The number of hydrogen-bond acceptors (Lipinski definition) is 4. The summed E-state index contributed by atoms with van der Waals surface area (Å²) in [6, 6.07) is 26.7. The lowest BCUT2D eigenvalue weighted by Crippen LogP contribution is -2.14. The van der Waals surface area contributed by atoms with Crippen molar-refractivity contribution in [3.63, 3.8) is 0 Å². The monoisotopic (exact) mass is 424 g/mol. The highest BCUT2D eigenvalue weighted by molar-refractivity contribution is 6.01. The molecule has 0 atom stereocenters. The first kappa shape index (κ1) is 21.2. The molecule has 1 aromatic heterocycles. The summed E-state index contributed by atoms with van der Waals surface area (Å²) in [5.41, 5.74) is 3.41. The van der Waals surface area contributed by atoms with Crippen LogP contribution in [0.5, 0.6) is 5.75 Å². The standard InChI is InChI=1S/C27H24N2O3/c1-2-32-21-14-12-20(13-15-21)25(30)16-17-27(31)29-26-18-23(19-8-4-3-5-9-19)22-10-6-7-11-24(22)28-26/h3-15,18H,2,16-17H2,1H3,(H,28,29,31). The van der Waals surface area contributed by atoms with Crippen molar-refractivity contribution in [2.45, 2.75) is 19.8 Å². The van der Waals surface area contributed by atoms with E-state index in [2.05, 4.69) is 10.3 Å². The number of nitrogens with zero attached hydrogens (tertiary/aromatic N) is 1. The molecule has 160 valence electrons. The molecule has 0 aliphatic carbocycles. The molecule has 32 heavy (non-hydrogen) atoms. The number of ether oxygens (including phenoxy) is 1. The number of anilines is 1. The van der Waals surface area contributed by atoms with Gasteiger partial charge in [-0.1, -0.05) is 48.5 Å². The number of rotatable bonds is 8. The zero-order chi connectivity index (χ0) is 22.3. The fourth-order valence-electron chi connectivity index (χ4n) is 3.58. The number of para-hydroxylation sites is 1. The van der Waals surface area contributed by atoms with E-state index in [0.717, 1.165) is 27.8 Å². The molecule has 0 aliphatic heterocycles. The maximum Gasteiger partial charge on any atom is 0.225 e. The quantitative estimate of drug-likeness (QED) is 0.358. The number of pyridine rings is 1. The molecule has 5 nitrogen and oxygen atoms in total. The largest absolute Gasteiger partial charge is 0.494 e. The number of fused-ring (bicyclic) bond motifs is 1. The third-order valence-corrected chi connectivity index (χ3v) is 5.13. The third kappa shape index (κ3) is 5.01. The molecule has 0 radical (unpaired) electrons. The van der Waals surface area contributed by atoms with Crippen molar-refractivity contribution in [3.05, 3.63) is 90.5 Å². The number of carbonyl (C=O) groups is 2. The molecule has 3 aromatic carbocycles. The topological polar surface area (TPSA) is 68.3 Å². The summed E-state index contributed by atoms with van der Waals surface area (Å²) in [6.07, 6.45) is 0.208. The second-order valence-electron chi connectivity index (χ2n) is 7.37. The molecule has 4 aromatic rings. The molecule has 0 spiro atoms. The number of nitrogens with one attached hydrogen (secondary N) is 1. The lowest BCUT2D eigenvalue weighted by Gasteiger charge is -2.11. The first-order chi connectivity index (χ1) is 15.6. The number of aromatic nitrogens is 1. The van der Waals surface area contributed by atoms with E-state index in [-0.39, 0.29) is 24.5 Å². The second-order valence-corrected chi connectivity index (χ2v) is 7.37. The summed E-state index contributed by atoms with van der Waals surface area (Å²) in [4.78, 5) is 29.6. The molecule has 0 saturated heterocycles. The van der Waals surface area contributed by atoms with E-state index in [4.69, 9.17) is 4.74 Å². The number of carbonyl (C=O) groups excluding carboxylic acids is 2. The zero-order valence-corrected chi connectivity index (χ0v) is 17.9. The van der Waals surface area contributed by atoms with Crippen LogP contribution < -0.4 is 10.1 Å². The summed E-state index contributed by atoms with van der Waals surface area (Å²) in [5, 5.41) is 3.87. The van der Waals surface area contributed by atoms with E-state index in [0.29, 0.717) is 18.0 Å². The number of amides is 1. The number of benzene rings is 3. The molecule has 0 aliphatic rings. The van der Waals surface area contributed by atoms with Crippen LogP contribution in [-0.2, 0) is 4.79 Å². The Balaban J connectivity index is 1.46. The molecular weight excluding hydrogens is 400 g/mol. The van der Waals surface area contributed by atoms with Crippen LogP contribution in [0.1, 0.15) is 30.1 Å². The highest BCUT2D eigenvalue weighted by Gasteiger charge is 2.13. The van der Waals surface area contributed by atoms with Crippen molar-refractivity contribution in [2.24, 2.45) is 0 Å². The van der Waals surface area contributed by atoms with Gasteiger partial charge in [0.25, 0.3) is 0 Å². The van der Waals surface area contributed by atoms with Gasteiger partial charge in [0.05, 0.1) is 12.1 Å². The summed E-state index contributed by atoms with van der Waals surface area (Å²) >= 11 is 0. The first-order valence-electron chi connectivity index (χ1n) is 10.6. The fourth-order valence-corrected chi connectivity index (χ4v) is 3.58. The van der Waals surface area contributed by atoms with E-state index in [1.54, 1.807) is 24.3 Å².